The molecule has 0 bridgehead atoms. The number of halogens is 1. The first-order valence-electron chi connectivity index (χ1n) is 5.43. The first-order chi connectivity index (χ1) is 7.43. The Morgan fingerprint density at radius 2 is 1.94 bits per heavy atom. The Hall–Kier alpha value is -1.44. The zero-order valence-corrected chi connectivity index (χ0v) is 10.3. The van der Waals surface area contributed by atoms with Crippen molar-refractivity contribution >= 4 is 17.0 Å². The number of aliphatic imine (C=N–C) groups is 1. The van der Waals surface area contributed by atoms with Crippen LogP contribution in [0, 0.1) is 11.7 Å². The van der Waals surface area contributed by atoms with Gasteiger partial charge in [0.2, 0.25) is 0 Å². The molecule has 0 N–H and O–H groups in total. The monoisotopic (exact) mass is 219 g/mol. The maximum absolute atomic E-state index is 13.8. The van der Waals surface area contributed by atoms with E-state index in [1.807, 2.05) is 33.8 Å². The summed E-state index contributed by atoms with van der Waals surface area (Å²) in [6, 6.07) is 4.94. The average Bonchev–Trinajstić information content (AvgIpc) is 2.16. The molecule has 0 aromatic heterocycles. The van der Waals surface area contributed by atoms with Gasteiger partial charge in [0.1, 0.15) is 5.82 Å². The number of rotatable bonds is 3. The Kier molecular flexibility index (Phi) is 3.99. The van der Waals surface area contributed by atoms with Gasteiger partial charge in [-0.3, -0.25) is 4.99 Å². The standard InChI is InChI=1S/C14H18FN/c1-9(2)11(5)14-12(15)7-6-8-13(14)16-10(3)4/h6-9H,5H2,1-4H3. The van der Waals surface area contributed by atoms with E-state index in [-0.39, 0.29) is 11.7 Å². The third-order valence-electron chi connectivity index (χ3n) is 2.35. The van der Waals surface area contributed by atoms with Crippen molar-refractivity contribution in [3.8, 4) is 0 Å². The topological polar surface area (TPSA) is 12.4 Å². The van der Waals surface area contributed by atoms with E-state index in [1.54, 1.807) is 6.07 Å². The van der Waals surface area contributed by atoms with E-state index in [0.29, 0.717) is 11.3 Å². The molecule has 0 atom stereocenters. The summed E-state index contributed by atoms with van der Waals surface area (Å²) in [5, 5.41) is 0. The quantitative estimate of drug-likeness (QED) is 0.658. The highest BCUT2D eigenvalue weighted by Gasteiger charge is 2.13. The van der Waals surface area contributed by atoms with Crippen molar-refractivity contribution in [3.63, 3.8) is 0 Å². The van der Waals surface area contributed by atoms with Crippen molar-refractivity contribution in [1.82, 2.24) is 0 Å². The molecular formula is C14H18FN. The van der Waals surface area contributed by atoms with Crippen LogP contribution in [-0.4, -0.2) is 5.71 Å². The molecule has 1 aromatic rings. The van der Waals surface area contributed by atoms with Crippen molar-refractivity contribution < 1.29 is 4.39 Å². The summed E-state index contributed by atoms with van der Waals surface area (Å²) in [5.74, 6) is -0.0378. The van der Waals surface area contributed by atoms with Gasteiger partial charge < -0.3 is 0 Å². The van der Waals surface area contributed by atoms with E-state index in [1.165, 1.54) is 6.07 Å². The van der Waals surface area contributed by atoms with Crippen molar-refractivity contribution in [2.24, 2.45) is 10.9 Å². The fourth-order valence-corrected chi connectivity index (χ4v) is 1.45. The van der Waals surface area contributed by atoms with Crippen LogP contribution in [-0.2, 0) is 0 Å². The highest BCUT2D eigenvalue weighted by Crippen LogP contribution is 2.32. The normalized spacial score (nSPS) is 10.4. The minimum atomic E-state index is -0.249. The summed E-state index contributed by atoms with van der Waals surface area (Å²) in [5.41, 5.74) is 2.90. The highest BCUT2D eigenvalue weighted by atomic mass is 19.1. The molecule has 0 fully saturated rings. The zero-order valence-electron chi connectivity index (χ0n) is 10.3. The van der Waals surface area contributed by atoms with Gasteiger partial charge in [0.05, 0.1) is 5.69 Å². The van der Waals surface area contributed by atoms with Crippen LogP contribution in [0.4, 0.5) is 10.1 Å². The van der Waals surface area contributed by atoms with Gasteiger partial charge >= 0.3 is 0 Å². The number of hydrogen-bond donors (Lipinski definition) is 0. The SMILES string of the molecule is C=C(c1c(F)cccc1N=C(C)C)C(C)C. The Morgan fingerprint density at radius 1 is 1.31 bits per heavy atom. The van der Waals surface area contributed by atoms with Crippen molar-refractivity contribution in [2.45, 2.75) is 27.7 Å². The molecule has 0 heterocycles. The van der Waals surface area contributed by atoms with Crippen molar-refractivity contribution in [2.75, 3.05) is 0 Å². The molecule has 0 saturated heterocycles. The summed E-state index contributed by atoms with van der Waals surface area (Å²) in [4.78, 5) is 4.34. The van der Waals surface area contributed by atoms with Crippen LogP contribution < -0.4 is 0 Å². The van der Waals surface area contributed by atoms with Gasteiger partial charge in [0, 0.05) is 11.3 Å². The lowest BCUT2D eigenvalue weighted by atomic mass is 9.95. The zero-order chi connectivity index (χ0) is 12.3. The molecule has 1 nitrogen and oxygen atoms in total. The van der Waals surface area contributed by atoms with Crippen LogP contribution in [0.2, 0.25) is 0 Å². The lowest BCUT2D eigenvalue weighted by Crippen LogP contribution is -1.97. The predicted molar refractivity (Wildman–Crippen MR) is 68.7 cm³/mol. The third kappa shape index (κ3) is 2.78. The van der Waals surface area contributed by atoms with Gasteiger partial charge in [-0.2, -0.15) is 0 Å². The summed E-state index contributed by atoms with van der Waals surface area (Å²) in [6.45, 7) is 11.7. The number of allylic oxidation sites excluding steroid dienone is 1. The smallest absolute Gasteiger partial charge is 0.132 e. The Bertz CT molecular complexity index is 426. The first kappa shape index (κ1) is 12.6. The Labute approximate surface area is 96.7 Å². The van der Waals surface area contributed by atoms with Gasteiger partial charge in [-0.1, -0.05) is 26.5 Å². The van der Waals surface area contributed by atoms with Crippen LogP contribution in [0.15, 0.2) is 29.8 Å². The fraction of sp³-hybridized carbons (Fsp3) is 0.357. The molecule has 2 heteroatoms. The van der Waals surface area contributed by atoms with Crippen LogP contribution in [0.1, 0.15) is 33.3 Å². The lowest BCUT2D eigenvalue weighted by molar-refractivity contribution is 0.621. The molecule has 0 aliphatic heterocycles. The van der Waals surface area contributed by atoms with Crippen LogP contribution in [0.5, 0.6) is 0 Å². The molecule has 0 aliphatic rings. The molecule has 0 saturated carbocycles. The van der Waals surface area contributed by atoms with Crippen LogP contribution in [0.3, 0.4) is 0 Å². The van der Waals surface area contributed by atoms with Gasteiger partial charge in [-0.05, 0) is 37.5 Å². The molecular weight excluding hydrogens is 201 g/mol. The van der Waals surface area contributed by atoms with E-state index < -0.39 is 0 Å². The number of benzene rings is 1. The van der Waals surface area contributed by atoms with Crippen LogP contribution >= 0.6 is 0 Å². The molecule has 1 aromatic carbocycles. The summed E-state index contributed by atoms with van der Waals surface area (Å²) in [7, 11) is 0. The van der Waals surface area contributed by atoms with E-state index in [4.69, 9.17) is 0 Å². The molecule has 0 amide bonds. The highest BCUT2D eigenvalue weighted by molar-refractivity contribution is 5.85. The van der Waals surface area contributed by atoms with E-state index in [2.05, 4.69) is 11.6 Å². The van der Waals surface area contributed by atoms with Gasteiger partial charge in [-0.15, -0.1) is 0 Å². The molecule has 0 aliphatic carbocycles. The molecule has 0 radical (unpaired) electrons. The second-order valence-corrected chi connectivity index (χ2v) is 4.37. The van der Waals surface area contributed by atoms with E-state index in [9.17, 15) is 4.39 Å². The Balaban J connectivity index is 3.35. The second-order valence-electron chi connectivity index (χ2n) is 4.37. The summed E-state index contributed by atoms with van der Waals surface area (Å²) in [6.07, 6.45) is 0. The fourth-order valence-electron chi connectivity index (χ4n) is 1.45. The second kappa shape index (κ2) is 5.06. The van der Waals surface area contributed by atoms with E-state index in [0.717, 1.165) is 11.3 Å². The van der Waals surface area contributed by atoms with Crippen LogP contribution in [0.25, 0.3) is 5.57 Å². The molecule has 16 heavy (non-hydrogen) atoms. The predicted octanol–water partition coefficient (Wildman–Crippen LogP) is 4.61. The van der Waals surface area contributed by atoms with E-state index >= 15 is 0 Å². The maximum Gasteiger partial charge on any atom is 0.132 e. The summed E-state index contributed by atoms with van der Waals surface area (Å²) >= 11 is 0. The number of nitrogens with zero attached hydrogens (tertiary/aromatic N) is 1. The van der Waals surface area contributed by atoms with Crippen molar-refractivity contribution in [1.29, 1.82) is 0 Å². The Morgan fingerprint density at radius 3 is 2.44 bits per heavy atom. The molecule has 86 valence electrons. The minimum Gasteiger partial charge on any atom is -0.258 e. The summed E-state index contributed by atoms with van der Waals surface area (Å²) < 4.78 is 13.8. The molecule has 0 unspecified atom stereocenters. The van der Waals surface area contributed by atoms with Gasteiger partial charge in [-0.25, -0.2) is 4.39 Å². The van der Waals surface area contributed by atoms with Crippen molar-refractivity contribution in [3.05, 3.63) is 36.2 Å². The average molecular weight is 219 g/mol. The molecule has 1 rings (SSSR count). The first-order valence-corrected chi connectivity index (χ1v) is 5.43. The minimum absolute atomic E-state index is 0.211. The lowest BCUT2D eigenvalue weighted by Gasteiger charge is -2.13. The molecule has 0 spiro atoms. The van der Waals surface area contributed by atoms with Gasteiger partial charge in [0.15, 0.2) is 0 Å². The largest absolute Gasteiger partial charge is 0.258 e. The number of hydrogen-bond acceptors (Lipinski definition) is 1. The third-order valence-corrected chi connectivity index (χ3v) is 2.35. The van der Waals surface area contributed by atoms with Gasteiger partial charge in [0.25, 0.3) is 0 Å². The maximum atomic E-state index is 13.8.